The zero-order valence-electron chi connectivity index (χ0n) is 14.5. The lowest BCUT2D eigenvalue weighted by Crippen LogP contribution is -2.25. The smallest absolute Gasteiger partial charge is 0.338 e. The molecule has 0 aromatic heterocycles. The summed E-state index contributed by atoms with van der Waals surface area (Å²) >= 11 is 0. The molecule has 1 atom stereocenters. The van der Waals surface area contributed by atoms with E-state index in [4.69, 9.17) is 9.84 Å². The minimum Gasteiger partial charge on any atom is -0.457 e. The van der Waals surface area contributed by atoms with Crippen molar-refractivity contribution in [2.45, 2.75) is 26.0 Å². The Morgan fingerprint density at radius 1 is 1.15 bits per heavy atom. The molecule has 27 heavy (non-hydrogen) atoms. The fourth-order valence-electron chi connectivity index (χ4n) is 2.75. The molecule has 1 heterocycles. The maximum atomic E-state index is 12.2. The summed E-state index contributed by atoms with van der Waals surface area (Å²) in [7, 11) is -3.18. The number of carbonyl (C=O) groups is 1. The Kier molecular flexibility index (Phi) is 6.12. The lowest BCUT2D eigenvalue weighted by Gasteiger charge is -2.35. The number of β-amino-alcohol motifs (C(OH)–C–C–N with tert-alkyl or cyclic N) is 1. The van der Waals surface area contributed by atoms with Crippen molar-refractivity contribution in [3.05, 3.63) is 70.8 Å². The highest BCUT2D eigenvalue weighted by molar-refractivity contribution is 8.20. The van der Waals surface area contributed by atoms with E-state index < -0.39 is 23.2 Å². The number of aliphatic hydroxyl groups is 2. The minimum atomic E-state index is -3.18. The van der Waals surface area contributed by atoms with E-state index in [1.807, 2.05) is 6.07 Å². The summed E-state index contributed by atoms with van der Waals surface area (Å²) in [5.74, 6) is -0.474. The fraction of sp³-hybridized carbons (Fsp3) is 0.278. The van der Waals surface area contributed by atoms with Crippen LogP contribution < -0.4 is 4.72 Å². The number of nitrogens with zero attached hydrogens (tertiary/aromatic N) is 1. The third-order valence-corrected chi connectivity index (χ3v) is 5.71. The first-order valence-electron chi connectivity index (χ1n) is 8.31. The monoisotopic (exact) mass is 394 g/mol. The average Bonchev–Trinajstić information content (AvgIpc) is 2.91. The van der Waals surface area contributed by atoms with Crippen LogP contribution >= 0.6 is 11.0 Å². The van der Waals surface area contributed by atoms with E-state index >= 15 is 0 Å². The van der Waals surface area contributed by atoms with Gasteiger partial charge in [0, 0.05) is 6.54 Å². The van der Waals surface area contributed by atoms with Crippen LogP contribution in [0.3, 0.4) is 0 Å². The van der Waals surface area contributed by atoms with Gasteiger partial charge in [-0.1, -0.05) is 47.4 Å². The summed E-state index contributed by atoms with van der Waals surface area (Å²) in [5, 5.41) is 18.6. The van der Waals surface area contributed by atoms with Gasteiger partial charge in [0.15, 0.2) is 0 Å². The van der Waals surface area contributed by atoms with Crippen molar-refractivity contribution in [2.75, 3.05) is 6.54 Å². The molecule has 2 aromatic rings. The minimum absolute atomic E-state index is 0.0719. The summed E-state index contributed by atoms with van der Waals surface area (Å²) in [6, 6.07) is 13.8. The third kappa shape index (κ3) is 5.05. The van der Waals surface area contributed by atoms with Crippen molar-refractivity contribution < 1.29 is 28.8 Å². The second kappa shape index (κ2) is 8.36. The zero-order valence-corrected chi connectivity index (χ0v) is 15.3. The van der Waals surface area contributed by atoms with E-state index in [-0.39, 0.29) is 26.3 Å². The summed E-state index contributed by atoms with van der Waals surface area (Å²) in [5.41, 5.74) is 2.68. The molecule has 1 aliphatic rings. The van der Waals surface area contributed by atoms with Crippen molar-refractivity contribution in [3.63, 3.8) is 0 Å². The van der Waals surface area contributed by atoms with Gasteiger partial charge in [-0.05, 0) is 28.8 Å². The first kappa shape index (κ1) is 19.8. The highest BCUT2D eigenvalue weighted by Gasteiger charge is 2.34. The standard InChI is InChI=1S/C18H22N2O6S/c21-11-14-2-1-3-15(8-14)12-26-18(23)16-6-4-13(5-7-16)9-20-10-17(22)19-27(20,24)25/h1-8,17,19,21-22,24-25H,9-12H2. The Bertz CT molecular complexity index is 799. The number of hydrogen-bond donors (Lipinski definition) is 5. The van der Waals surface area contributed by atoms with Gasteiger partial charge in [-0.15, -0.1) is 0 Å². The number of aliphatic hydroxyl groups excluding tert-OH is 2. The summed E-state index contributed by atoms with van der Waals surface area (Å²) in [4.78, 5) is 12.2. The molecule has 1 fully saturated rings. The van der Waals surface area contributed by atoms with Crippen molar-refractivity contribution in [1.29, 1.82) is 0 Å². The van der Waals surface area contributed by atoms with Crippen LogP contribution in [0.15, 0.2) is 48.5 Å². The van der Waals surface area contributed by atoms with Gasteiger partial charge in [-0.25, -0.2) is 4.79 Å². The molecular formula is C18H22N2O6S. The molecule has 1 saturated heterocycles. The van der Waals surface area contributed by atoms with E-state index in [2.05, 4.69) is 4.72 Å². The van der Waals surface area contributed by atoms with Crippen LogP contribution in [0.4, 0.5) is 0 Å². The van der Waals surface area contributed by atoms with Gasteiger partial charge in [-0.2, -0.15) is 9.03 Å². The molecule has 2 aromatic carbocycles. The molecule has 5 N–H and O–H groups in total. The molecule has 146 valence electrons. The second-order valence-corrected chi connectivity index (χ2v) is 8.02. The van der Waals surface area contributed by atoms with E-state index in [1.54, 1.807) is 42.5 Å². The predicted octanol–water partition coefficient (Wildman–Crippen LogP) is 1.84. The van der Waals surface area contributed by atoms with Crippen LogP contribution in [0.5, 0.6) is 0 Å². The number of hydrogen-bond acceptors (Lipinski definition) is 8. The van der Waals surface area contributed by atoms with Gasteiger partial charge in [0.05, 0.1) is 18.7 Å². The highest BCUT2D eigenvalue weighted by Crippen LogP contribution is 2.44. The van der Waals surface area contributed by atoms with Gasteiger partial charge in [-0.3, -0.25) is 9.11 Å². The van der Waals surface area contributed by atoms with Crippen LogP contribution in [-0.4, -0.2) is 42.4 Å². The van der Waals surface area contributed by atoms with Crippen LogP contribution in [0.2, 0.25) is 0 Å². The molecule has 0 radical (unpaired) electrons. The Labute approximate surface area is 158 Å². The molecular weight excluding hydrogens is 372 g/mol. The topological polar surface area (TPSA) is 122 Å². The van der Waals surface area contributed by atoms with Crippen LogP contribution in [0, 0.1) is 0 Å². The number of nitrogens with one attached hydrogen (secondary N) is 1. The first-order chi connectivity index (χ1) is 12.9. The van der Waals surface area contributed by atoms with E-state index in [0.717, 1.165) is 16.7 Å². The van der Waals surface area contributed by atoms with Gasteiger partial charge in [0.25, 0.3) is 0 Å². The fourth-order valence-corrected chi connectivity index (χ4v) is 4.01. The Balaban J connectivity index is 1.57. The predicted molar refractivity (Wildman–Crippen MR) is 100 cm³/mol. The first-order valence-corrected chi connectivity index (χ1v) is 9.81. The largest absolute Gasteiger partial charge is 0.457 e. The molecule has 0 saturated carbocycles. The average molecular weight is 394 g/mol. The maximum Gasteiger partial charge on any atom is 0.338 e. The SMILES string of the molecule is O=C(OCc1cccc(CO)c1)c1ccc(CN2CC(O)NS2(O)O)cc1. The Morgan fingerprint density at radius 2 is 1.85 bits per heavy atom. The van der Waals surface area contributed by atoms with Gasteiger partial charge in [0.2, 0.25) is 0 Å². The molecule has 0 bridgehead atoms. The summed E-state index contributed by atoms with van der Waals surface area (Å²) < 4.78 is 28.6. The summed E-state index contributed by atoms with van der Waals surface area (Å²) in [6.45, 7) is 0.346. The Hall–Kier alpha value is -1.98. The van der Waals surface area contributed by atoms with E-state index in [0.29, 0.717) is 5.56 Å². The molecule has 0 aliphatic carbocycles. The molecule has 1 aliphatic heterocycles. The zero-order chi connectivity index (χ0) is 19.4. The number of carbonyl (C=O) groups excluding carboxylic acids is 1. The van der Waals surface area contributed by atoms with Crippen LogP contribution in [-0.2, 0) is 24.5 Å². The van der Waals surface area contributed by atoms with Gasteiger partial charge in [0.1, 0.15) is 12.8 Å². The quantitative estimate of drug-likeness (QED) is 0.471. The second-order valence-electron chi connectivity index (χ2n) is 6.23. The number of rotatable bonds is 6. The molecule has 0 amide bonds. The van der Waals surface area contributed by atoms with Crippen LogP contribution in [0.25, 0.3) is 0 Å². The molecule has 9 heteroatoms. The number of benzene rings is 2. The number of esters is 1. The van der Waals surface area contributed by atoms with Crippen molar-refractivity contribution in [3.8, 4) is 0 Å². The molecule has 3 rings (SSSR count). The maximum absolute atomic E-state index is 12.2. The molecule has 8 nitrogen and oxygen atoms in total. The lowest BCUT2D eigenvalue weighted by atomic mass is 10.1. The van der Waals surface area contributed by atoms with Gasteiger partial charge >= 0.3 is 5.97 Å². The number of ether oxygens (including phenoxy) is 1. The lowest BCUT2D eigenvalue weighted by molar-refractivity contribution is 0.0472. The molecule has 0 spiro atoms. The molecule has 1 unspecified atom stereocenters. The summed E-state index contributed by atoms with van der Waals surface area (Å²) in [6.07, 6.45) is -0.992. The van der Waals surface area contributed by atoms with E-state index in [1.165, 1.54) is 4.31 Å². The highest BCUT2D eigenvalue weighted by atomic mass is 32.3. The van der Waals surface area contributed by atoms with Gasteiger partial charge < -0.3 is 14.9 Å². The van der Waals surface area contributed by atoms with Crippen molar-refractivity contribution in [2.24, 2.45) is 0 Å². The normalized spacial score (nSPS) is 20.4. The van der Waals surface area contributed by atoms with Crippen molar-refractivity contribution >= 4 is 16.9 Å². The van der Waals surface area contributed by atoms with E-state index in [9.17, 15) is 19.0 Å². The Morgan fingerprint density at radius 3 is 2.48 bits per heavy atom. The van der Waals surface area contributed by atoms with Crippen molar-refractivity contribution in [1.82, 2.24) is 9.03 Å². The van der Waals surface area contributed by atoms with Crippen LogP contribution in [0.1, 0.15) is 27.0 Å². The third-order valence-electron chi connectivity index (χ3n) is 4.12.